The molecule has 0 radical (unpaired) electrons. The molecule has 1 N–H and O–H groups in total. The van der Waals surface area contributed by atoms with Gasteiger partial charge in [0.1, 0.15) is 5.82 Å². The second kappa shape index (κ2) is 6.41. The summed E-state index contributed by atoms with van der Waals surface area (Å²) >= 11 is 3.13. The van der Waals surface area contributed by atoms with Gasteiger partial charge in [0.2, 0.25) is 0 Å². The van der Waals surface area contributed by atoms with Crippen molar-refractivity contribution in [2.45, 2.75) is 18.6 Å². The fraction of sp³-hybridized carbons (Fsp3) is 0.538. The first-order valence-corrected chi connectivity index (χ1v) is 7.12. The van der Waals surface area contributed by atoms with Gasteiger partial charge in [0.15, 0.2) is 0 Å². The van der Waals surface area contributed by atoms with Crippen molar-refractivity contribution in [2.24, 2.45) is 0 Å². The molecule has 1 saturated heterocycles. The van der Waals surface area contributed by atoms with E-state index in [1.165, 1.54) is 12.1 Å². The molecule has 1 aliphatic rings. The molecule has 7 heteroatoms. The van der Waals surface area contributed by atoms with Gasteiger partial charge < -0.3 is 5.32 Å². The van der Waals surface area contributed by atoms with Gasteiger partial charge in [-0.1, -0.05) is 15.9 Å². The number of alkyl halides is 3. The fourth-order valence-corrected chi connectivity index (χ4v) is 2.92. The molecule has 0 unspecified atom stereocenters. The minimum absolute atomic E-state index is 0.358. The Bertz CT molecular complexity index is 438. The van der Waals surface area contributed by atoms with Crippen LogP contribution in [-0.4, -0.2) is 37.3 Å². The third-order valence-corrected chi connectivity index (χ3v) is 3.74. The van der Waals surface area contributed by atoms with Gasteiger partial charge in [-0.25, -0.2) is 4.39 Å². The van der Waals surface area contributed by atoms with Crippen LogP contribution in [0.25, 0.3) is 0 Å². The Morgan fingerprint density at radius 1 is 1.20 bits per heavy atom. The molecule has 0 aromatic heterocycles. The van der Waals surface area contributed by atoms with Crippen molar-refractivity contribution in [2.75, 3.05) is 26.2 Å². The molecule has 1 heterocycles. The van der Waals surface area contributed by atoms with Gasteiger partial charge >= 0.3 is 6.18 Å². The van der Waals surface area contributed by atoms with Crippen molar-refractivity contribution in [3.8, 4) is 0 Å². The number of benzene rings is 1. The van der Waals surface area contributed by atoms with Crippen LogP contribution in [0.1, 0.15) is 18.0 Å². The third-order valence-electron chi connectivity index (χ3n) is 3.29. The highest BCUT2D eigenvalue weighted by molar-refractivity contribution is 9.10. The van der Waals surface area contributed by atoms with Gasteiger partial charge in [0.25, 0.3) is 0 Å². The zero-order valence-corrected chi connectivity index (χ0v) is 12.3. The van der Waals surface area contributed by atoms with Crippen LogP contribution in [0.4, 0.5) is 17.6 Å². The molecule has 1 fully saturated rings. The lowest BCUT2D eigenvalue weighted by atomic mass is 10.0. The fourth-order valence-electron chi connectivity index (χ4n) is 2.44. The van der Waals surface area contributed by atoms with E-state index in [2.05, 4.69) is 21.2 Å². The van der Waals surface area contributed by atoms with Gasteiger partial charge in [-0.3, -0.25) is 4.90 Å². The minimum Gasteiger partial charge on any atom is -0.314 e. The molecular weight excluding hydrogens is 340 g/mol. The van der Waals surface area contributed by atoms with E-state index in [-0.39, 0.29) is 0 Å². The smallest absolute Gasteiger partial charge is 0.314 e. The van der Waals surface area contributed by atoms with Crippen molar-refractivity contribution < 1.29 is 17.6 Å². The summed E-state index contributed by atoms with van der Waals surface area (Å²) in [5.74, 6) is -0.531. The molecule has 0 bridgehead atoms. The second-order valence-corrected chi connectivity index (χ2v) is 5.74. The topological polar surface area (TPSA) is 15.3 Å². The van der Waals surface area contributed by atoms with Gasteiger partial charge in [-0.2, -0.15) is 13.2 Å². The largest absolute Gasteiger partial charge is 0.390 e. The van der Waals surface area contributed by atoms with Gasteiger partial charge in [0, 0.05) is 36.7 Å². The van der Waals surface area contributed by atoms with Gasteiger partial charge in [-0.05, 0) is 23.8 Å². The Morgan fingerprint density at radius 3 is 2.40 bits per heavy atom. The standard InChI is InChI=1S/C13H15BrF4N2/c14-10-5-9(6-11(15)7-10)12(8-13(16,17)18)20-3-1-19-2-4-20/h5-7,12,19H,1-4,8H2/t12-/m0/s1. The van der Waals surface area contributed by atoms with Crippen LogP contribution < -0.4 is 5.32 Å². The van der Waals surface area contributed by atoms with Crippen LogP contribution in [0.2, 0.25) is 0 Å². The summed E-state index contributed by atoms with van der Waals surface area (Å²) in [5, 5.41) is 3.10. The number of nitrogens with zero attached hydrogens (tertiary/aromatic N) is 1. The minimum atomic E-state index is -4.28. The number of rotatable bonds is 3. The summed E-state index contributed by atoms with van der Waals surface area (Å²) in [7, 11) is 0. The van der Waals surface area contributed by atoms with Crippen LogP contribution in [0.3, 0.4) is 0 Å². The molecular formula is C13H15BrF4N2. The van der Waals surface area contributed by atoms with Crippen molar-refractivity contribution in [1.82, 2.24) is 10.2 Å². The summed E-state index contributed by atoms with van der Waals surface area (Å²) in [6, 6.07) is 3.14. The van der Waals surface area contributed by atoms with Crippen LogP contribution in [-0.2, 0) is 0 Å². The SMILES string of the molecule is Fc1cc(Br)cc([C@H](CC(F)(F)F)N2CCNCC2)c1. The van der Waals surface area contributed by atoms with Crippen molar-refractivity contribution in [3.05, 3.63) is 34.1 Å². The van der Waals surface area contributed by atoms with E-state index in [1.807, 2.05) is 0 Å². The number of hydrogen-bond donors (Lipinski definition) is 1. The number of piperazine rings is 1. The predicted octanol–water partition coefficient (Wildman–Crippen LogP) is 3.49. The molecule has 0 aliphatic carbocycles. The molecule has 1 aromatic carbocycles. The average Bonchev–Trinajstić information content (AvgIpc) is 2.35. The number of nitrogens with one attached hydrogen (secondary N) is 1. The lowest BCUT2D eigenvalue weighted by molar-refractivity contribution is -0.148. The van der Waals surface area contributed by atoms with E-state index in [0.717, 1.165) is 0 Å². The first-order chi connectivity index (χ1) is 9.35. The Labute approximate surface area is 123 Å². The molecule has 1 atom stereocenters. The molecule has 112 valence electrons. The lowest BCUT2D eigenvalue weighted by Gasteiger charge is -2.35. The maximum absolute atomic E-state index is 13.4. The quantitative estimate of drug-likeness (QED) is 0.836. The van der Waals surface area contributed by atoms with Crippen molar-refractivity contribution >= 4 is 15.9 Å². The molecule has 0 amide bonds. The highest BCUT2D eigenvalue weighted by atomic mass is 79.9. The van der Waals surface area contributed by atoms with E-state index >= 15 is 0 Å². The third kappa shape index (κ3) is 4.43. The average molecular weight is 355 g/mol. The van der Waals surface area contributed by atoms with E-state index < -0.39 is 24.5 Å². The monoisotopic (exact) mass is 354 g/mol. The van der Waals surface area contributed by atoms with E-state index in [0.29, 0.717) is 36.2 Å². The summed E-state index contributed by atoms with van der Waals surface area (Å²) in [6.07, 6.45) is -5.25. The van der Waals surface area contributed by atoms with E-state index in [1.54, 1.807) is 11.0 Å². The van der Waals surface area contributed by atoms with Gasteiger partial charge in [0.05, 0.1) is 6.42 Å². The number of halogens is 5. The van der Waals surface area contributed by atoms with E-state index in [9.17, 15) is 17.6 Å². The van der Waals surface area contributed by atoms with Crippen molar-refractivity contribution in [3.63, 3.8) is 0 Å². The Kier molecular flexibility index (Phi) is 5.04. The molecule has 20 heavy (non-hydrogen) atoms. The first kappa shape index (κ1) is 15.7. The second-order valence-electron chi connectivity index (χ2n) is 4.82. The summed E-state index contributed by atoms with van der Waals surface area (Å²) in [5.41, 5.74) is 0.358. The Hall–Kier alpha value is -0.660. The highest BCUT2D eigenvalue weighted by Gasteiger charge is 2.36. The molecule has 2 nitrogen and oxygen atoms in total. The maximum atomic E-state index is 13.4. The predicted molar refractivity (Wildman–Crippen MR) is 72.0 cm³/mol. The number of hydrogen-bond acceptors (Lipinski definition) is 2. The molecule has 2 rings (SSSR count). The summed E-state index contributed by atoms with van der Waals surface area (Å²) < 4.78 is 52.3. The molecule has 0 saturated carbocycles. The zero-order valence-electron chi connectivity index (χ0n) is 10.7. The van der Waals surface area contributed by atoms with Crippen LogP contribution in [0.15, 0.2) is 22.7 Å². The molecule has 1 aromatic rings. The summed E-state index contributed by atoms with van der Waals surface area (Å²) in [6.45, 7) is 2.33. The van der Waals surface area contributed by atoms with E-state index in [4.69, 9.17) is 0 Å². The molecule has 1 aliphatic heterocycles. The van der Waals surface area contributed by atoms with Crippen LogP contribution in [0, 0.1) is 5.82 Å². The summed E-state index contributed by atoms with van der Waals surface area (Å²) in [4.78, 5) is 1.76. The zero-order chi connectivity index (χ0) is 14.8. The van der Waals surface area contributed by atoms with Crippen LogP contribution in [0.5, 0.6) is 0 Å². The normalized spacial score (nSPS) is 19.1. The molecule has 0 spiro atoms. The van der Waals surface area contributed by atoms with Gasteiger partial charge in [-0.15, -0.1) is 0 Å². The Morgan fingerprint density at radius 2 is 1.85 bits per heavy atom. The lowest BCUT2D eigenvalue weighted by Crippen LogP contribution is -2.46. The first-order valence-electron chi connectivity index (χ1n) is 6.33. The van der Waals surface area contributed by atoms with Crippen molar-refractivity contribution in [1.29, 1.82) is 0 Å². The Balaban J connectivity index is 2.29. The highest BCUT2D eigenvalue weighted by Crippen LogP contribution is 2.35. The maximum Gasteiger partial charge on any atom is 0.390 e. The van der Waals surface area contributed by atoms with Crippen LogP contribution >= 0.6 is 15.9 Å².